The van der Waals surface area contributed by atoms with Gasteiger partial charge in [0, 0.05) is 16.2 Å². The summed E-state index contributed by atoms with van der Waals surface area (Å²) in [5, 5.41) is 10.0. The lowest BCUT2D eigenvalue weighted by molar-refractivity contribution is -0.132. The standard InChI is InChI=1S/C12H12Cl2O2S/c1-2-8(12(15)16)6-7-17-11-9(13)4-3-5-10(11)14/h3-6H,2,7H2,1H3,(H,15,16). The van der Waals surface area contributed by atoms with Crippen molar-refractivity contribution in [2.75, 3.05) is 5.75 Å². The van der Waals surface area contributed by atoms with Crippen molar-refractivity contribution in [1.29, 1.82) is 0 Å². The van der Waals surface area contributed by atoms with Gasteiger partial charge >= 0.3 is 5.97 Å². The fourth-order valence-electron chi connectivity index (χ4n) is 1.23. The third-order valence-corrected chi connectivity index (χ3v) is 4.05. The molecule has 1 aromatic carbocycles. The monoisotopic (exact) mass is 290 g/mol. The Labute approximate surface area is 115 Å². The molecule has 0 aliphatic heterocycles. The number of hydrogen-bond donors (Lipinski definition) is 1. The number of halogens is 2. The van der Waals surface area contributed by atoms with E-state index in [4.69, 9.17) is 28.3 Å². The molecule has 1 N–H and O–H groups in total. The van der Waals surface area contributed by atoms with Crippen molar-refractivity contribution in [3.8, 4) is 0 Å². The summed E-state index contributed by atoms with van der Waals surface area (Å²) in [4.78, 5) is 11.6. The summed E-state index contributed by atoms with van der Waals surface area (Å²) in [5.74, 6) is -0.336. The number of carboxylic acid groups (broad SMARTS) is 1. The zero-order valence-corrected chi connectivity index (χ0v) is 11.6. The minimum absolute atomic E-state index is 0.403. The minimum atomic E-state index is -0.877. The van der Waals surface area contributed by atoms with E-state index in [-0.39, 0.29) is 0 Å². The molecule has 0 fully saturated rings. The summed E-state index contributed by atoms with van der Waals surface area (Å²) >= 11 is 13.4. The molecule has 0 heterocycles. The van der Waals surface area contributed by atoms with Crippen molar-refractivity contribution in [3.63, 3.8) is 0 Å². The largest absolute Gasteiger partial charge is 0.478 e. The van der Waals surface area contributed by atoms with Gasteiger partial charge in [-0.1, -0.05) is 42.3 Å². The summed E-state index contributed by atoms with van der Waals surface area (Å²) in [5.41, 5.74) is 0.403. The van der Waals surface area contributed by atoms with Crippen LogP contribution < -0.4 is 0 Å². The molecule has 1 aromatic rings. The molecule has 0 radical (unpaired) electrons. The number of carbonyl (C=O) groups is 1. The van der Waals surface area contributed by atoms with Gasteiger partial charge in [-0.05, 0) is 18.6 Å². The molecule has 5 heteroatoms. The van der Waals surface area contributed by atoms with Crippen LogP contribution in [0.25, 0.3) is 0 Å². The number of carboxylic acids is 1. The normalized spacial score (nSPS) is 11.6. The van der Waals surface area contributed by atoms with Gasteiger partial charge in [0.05, 0.1) is 10.0 Å². The number of benzene rings is 1. The van der Waals surface area contributed by atoms with E-state index in [2.05, 4.69) is 0 Å². The quantitative estimate of drug-likeness (QED) is 0.640. The van der Waals surface area contributed by atoms with Gasteiger partial charge < -0.3 is 5.11 Å². The van der Waals surface area contributed by atoms with Crippen LogP contribution in [-0.4, -0.2) is 16.8 Å². The third-order valence-electron chi connectivity index (χ3n) is 2.13. The summed E-state index contributed by atoms with van der Waals surface area (Å²) in [6.45, 7) is 1.81. The van der Waals surface area contributed by atoms with Crippen molar-refractivity contribution in [1.82, 2.24) is 0 Å². The first-order valence-electron chi connectivity index (χ1n) is 5.05. The van der Waals surface area contributed by atoms with E-state index in [0.717, 1.165) is 4.90 Å². The molecular formula is C12H12Cl2O2S. The van der Waals surface area contributed by atoms with Crippen LogP contribution in [-0.2, 0) is 4.79 Å². The van der Waals surface area contributed by atoms with Gasteiger partial charge in [0.1, 0.15) is 0 Å². The predicted molar refractivity (Wildman–Crippen MR) is 73.2 cm³/mol. The van der Waals surface area contributed by atoms with Gasteiger partial charge in [0.15, 0.2) is 0 Å². The van der Waals surface area contributed by atoms with E-state index in [1.807, 2.05) is 6.92 Å². The highest BCUT2D eigenvalue weighted by atomic mass is 35.5. The van der Waals surface area contributed by atoms with Crippen LogP contribution in [0.15, 0.2) is 34.7 Å². The molecule has 0 atom stereocenters. The Balaban J connectivity index is 2.71. The molecule has 0 saturated heterocycles. The van der Waals surface area contributed by atoms with Gasteiger partial charge in [-0.3, -0.25) is 0 Å². The van der Waals surface area contributed by atoms with E-state index in [9.17, 15) is 4.79 Å². The van der Waals surface area contributed by atoms with Crippen LogP contribution in [0.1, 0.15) is 13.3 Å². The molecule has 0 unspecified atom stereocenters. The molecule has 0 amide bonds. The third kappa shape index (κ3) is 4.26. The maximum absolute atomic E-state index is 10.8. The SMILES string of the molecule is CCC(=CCSc1c(Cl)cccc1Cl)C(=O)O. The first kappa shape index (κ1) is 14.4. The first-order chi connectivity index (χ1) is 8.06. The highest BCUT2D eigenvalue weighted by Gasteiger charge is 2.07. The van der Waals surface area contributed by atoms with Crippen LogP contribution in [0, 0.1) is 0 Å². The van der Waals surface area contributed by atoms with E-state index in [0.29, 0.717) is 27.8 Å². The molecule has 0 aliphatic rings. The average Bonchev–Trinajstić information content (AvgIpc) is 2.27. The maximum Gasteiger partial charge on any atom is 0.331 e. The van der Waals surface area contributed by atoms with Crippen molar-refractivity contribution in [3.05, 3.63) is 39.9 Å². The highest BCUT2D eigenvalue weighted by Crippen LogP contribution is 2.33. The van der Waals surface area contributed by atoms with Crippen LogP contribution in [0.3, 0.4) is 0 Å². The van der Waals surface area contributed by atoms with Crippen LogP contribution >= 0.6 is 35.0 Å². The van der Waals surface area contributed by atoms with Gasteiger partial charge in [0.25, 0.3) is 0 Å². The topological polar surface area (TPSA) is 37.3 Å². The van der Waals surface area contributed by atoms with Crippen molar-refractivity contribution in [2.45, 2.75) is 18.2 Å². The summed E-state index contributed by atoms with van der Waals surface area (Å²) in [6.07, 6.45) is 2.19. The van der Waals surface area contributed by atoms with Crippen LogP contribution in [0.5, 0.6) is 0 Å². The minimum Gasteiger partial charge on any atom is -0.478 e. The van der Waals surface area contributed by atoms with Gasteiger partial charge in [0.2, 0.25) is 0 Å². The fraction of sp³-hybridized carbons (Fsp3) is 0.250. The Bertz CT molecular complexity index is 424. The number of hydrogen-bond acceptors (Lipinski definition) is 2. The number of aliphatic carboxylic acids is 1. The Morgan fingerprint density at radius 2 is 2.00 bits per heavy atom. The maximum atomic E-state index is 10.8. The second-order valence-electron chi connectivity index (χ2n) is 3.25. The molecule has 0 saturated carbocycles. The lowest BCUT2D eigenvalue weighted by Crippen LogP contribution is -1.99. The molecule has 0 spiro atoms. The molecule has 2 nitrogen and oxygen atoms in total. The predicted octanol–water partition coefficient (Wildman–Crippen LogP) is 4.51. The molecule has 17 heavy (non-hydrogen) atoms. The van der Waals surface area contributed by atoms with Gasteiger partial charge in [-0.25, -0.2) is 4.79 Å². The Kier molecular flexibility index (Phi) is 5.89. The number of thioether (sulfide) groups is 1. The molecule has 0 bridgehead atoms. The average molecular weight is 291 g/mol. The lowest BCUT2D eigenvalue weighted by Gasteiger charge is -2.04. The highest BCUT2D eigenvalue weighted by molar-refractivity contribution is 7.99. The first-order valence-corrected chi connectivity index (χ1v) is 6.79. The summed E-state index contributed by atoms with van der Waals surface area (Å²) in [7, 11) is 0. The van der Waals surface area contributed by atoms with E-state index >= 15 is 0 Å². The molecule has 0 aromatic heterocycles. The molecule has 0 aliphatic carbocycles. The van der Waals surface area contributed by atoms with Gasteiger partial charge in [-0.15, -0.1) is 11.8 Å². The van der Waals surface area contributed by atoms with E-state index < -0.39 is 5.97 Å². The molecular weight excluding hydrogens is 279 g/mol. The molecule has 1 rings (SSSR count). The zero-order valence-electron chi connectivity index (χ0n) is 9.24. The van der Waals surface area contributed by atoms with Crippen molar-refractivity contribution in [2.24, 2.45) is 0 Å². The summed E-state index contributed by atoms with van der Waals surface area (Å²) < 4.78 is 0. The lowest BCUT2D eigenvalue weighted by atomic mass is 10.2. The van der Waals surface area contributed by atoms with Crippen LogP contribution in [0.4, 0.5) is 0 Å². The molecule has 92 valence electrons. The smallest absolute Gasteiger partial charge is 0.331 e. The fourth-order valence-corrected chi connectivity index (χ4v) is 2.82. The summed E-state index contributed by atoms with van der Waals surface area (Å²) in [6, 6.07) is 5.30. The Morgan fingerprint density at radius 3 is 2.47 bits per heavy atom. The van der Waals surface area contributed by atoms with Crippen molar-refractivity contribution < 1.29 is 9.90 Å². The van der Waals surface area contributed by atoms with E-state index in [1.165, 1.54) is 11.8 Å². The Morgan fingerprint density at radius 1 is 1.41 bits per heavy atom. The second kappa shape index (κ2) is 6.94. The zero-order chi connectivity index (χ0) is 12.8. The van der Waals surface area contributed by atoms with Crippen molar-refractivity contribution >= 4 is 40.9 Å². The Hall–Kier alpha value is -0.640. The van der Waals surface area contributed by atoms with Crippen LogP contribution in [0.2, 0.25) is 10.0 Å². The van der Waals surface area contributed by atoms with Gasteiger partial charge in [-0.2, -0.15) is 0 Å². The number of rotatable bonds is 5. The second-order valence-corrected chi connectivity index (χ2v) is 5.09. The van der Waals surface area contributed by atoms with E-state index in [1.54, 1.807) is 24.3 Å².